The topological polar surface area (TPSA) is 88.1 Å². The molecule has 0 spiro atoms. The molecule has 0 radical (unpaired) electrons. The van der Waals surface area contributed by atoms with Gasteiger partial charge in [0.2, 0.25) is 18.6 Å². The SMILES string of the molecule is CC[C@H](C)[C@@H](CO)NC(=O)[C@H]1CC(=O)N(Cc2ccc3c(c2)OCO3)C1. The predicted molar refractivity (Wildman–Crippen MR) is 94.6 cm³/mol. The normalized spacial score (nSPS) is 21.0. The molecular formula is C19H26N2O5. The highest BCUT2D eigenvalue weighted by atomic mass is 16.7. The van der Waals surface area contributed by atoms with Crippen LogP contribution in [0.2, 0.25) is 0 Å². The molecular weight excluding hydrogens is 336 g/mol. The molecule has 0 bridgehead atoms. The molecule has 0 saturated carbocycles. The molecule has 1 saturated heterocycles. The zero-order valence-electron chi connectivity index (χ0n) is 15.2. The van der Waals surface area contributed by atoms with Crippen LogP contribution in [-0.2, 0) is 16.1 Å². The first-order valence-electron chi connectivity index (χ1n) is 9.09. The van der Waals surface area contributed by atoms with Gasteiger partial charge in [0.15, 0.2) is 11.5 Å². The van der Waals surface area contributed by atoms with Gasteiger partial charge in [-0.15, -0.1) is 0 Å². The Morgan fingerprint density at radius 3 is 2.88 bits per heavy atom. The van der Waals surface area contributed by atoms with Gasteiger partial charge in [0, 0.05) is 19.5 Å². The quantitative estimate of drug-likeness (QED) is 0.763. The van der Waals surface area contributed by atoms with Crippen LogP contribution in [0, 0.1) is 11.8 Å². The molecule has 26 heavy (non-hydrogen) atoms. The van der Waals surface area contributed by atoms with Crippen molar-refractivity contribution in [1.82, 2.24) is 10.2 Å². The number of nitrogens with one attached hydrogen (secondary N) is 1. The molecule has 1 fully saturated rings. The van der Waals surface area contributed by atoms with Crippen LogP contribution in [0.3, 0.4) is 0 Å². The predicted octanol–water partition coefficient (Wildman–Crippen LogP) is 1.29. The van der Waals surface area contributed by atoms with Crippen molar-refractivity contribution in [2.45, 2.75) is 39.3 Å². The lowest BCUT2D eigenvalue weighted by Crippen LogP contribution is -2.45. The molecule has 1 aromatic carbocycles. The number of aliphatic hydroxyl groups is 1. The molecule has 2 N–H and O–H groups in total. The Morgan fingerprint density at radius 2 is 2.15 bits per heavy atom. The third-order valence-electron chi connectivity index (χ3n) is 5.25. The Morgan fingerprint density at radius 1 is 1.38 bits per heavy atom. The summed E-state index contributed by atoms with van der Waals surface area (Å²) in [5.41, 5.74) is 0.941. The summed E-state index contributed by atoms with van der Waals surface area (Å²) >= 11 is 0. The molecule has 7 nitrogen and oxygen atoms in total. The first-order chi connectivity index (χ1) is 12.5. The van der Waals surface area contributed by atoms with Gasteiger partial charge in [-0.2, -0.15) is 0 Å². The summed E-state index contributed by atoms with van der Waals surface area (Å²) in [5.74, 6) is 1.000. The van der Waals surface area contributed by atoms with Crippen molar-refractivity contribution >= 4 is 11.8 Å². The number of fused-ring (bicyclic) bond motifs is 1. The van der Waals surface area contributed by atoms with E-state index in [1.165, 1.54) is 0 Å². The second-order valence-corrected chi connectivity index (χ2v) is 7.05. The Labute approximate surface area is 153 Å². The maximum absolute atomic E-state index is 12.5. The highest BCUT2D eigenvalue weighted by molar-refractivity contribution is 5.89. The van der Waals surface area contributed by atoms with E-state index in [1.54, 1.807) is 4.90 Å². The first kappa shape index (κ1) is 18.5. The monoisotopic (exact) mass is 362 g/mol. The van der Waals surface area contributed by atoms with E-state index in [0.29, 0.717) is 24.6 Å². The average Bonchev–Trinajstić information content (AvgIpc) is 3.25. The van der Waals surface area contributed by atoms with Crippen molar-refractivity contribution in [2.24, 2.45) is 11.8 Å². The van der Waals surface area contributed by atoms with Gasteiger partial charge in [0.1, 0.15) is 0 Å². The number of aliphatic hydroxyl groups excluding tert-OH is 1. The van der Waals surface area contributed by atoms with Gasteiger partial charge in [0.25, 0.3) is 0 Å². The van der Waals surface area contributed by atoms with Gasteiger partial charge in [0.05, 0.1) is 18.6 Å². The number of ether oxygens (including phenoxy) is 2. The molecule has 142 valence electrons. The Kier molecular flexibility index (Phi) is 5.66. The van der Waals surface area contributed by atoms with Crippen molar-refractivity contribution in [3.05, 3.63) is 23.8 Å². The van der Waals surface area contributed by atoms with Gasteiger partial charge in [-0.05, 0) is 23.6 Å². The molecule has 3 atom stereocenters. The smallest absolute Gasteiger partial charge is 0.231 e. The lowest BCUT2D eigenvalue weighted by molar-refractivity contribution is -0.129. The van der Waals surface area contributed by atoms with Crippen molar-refractivity contribution < 1.29 is 24.2 Å². The first-order valence-corrected chi connectivity index (χ1v) is 9.09. The molecule has 0 aromatic heterocycles. The Bertz CT molecular complexity index is 678. The lowest BCUT2D eigenvalue weighted by atomic mass is 9.98. The van der Waals surface area contributed by atoms with E-state index in [2.05, 4.69) is 5.32 Å². The van der Waals surface area contributed by atoms with Gasteiger partial charge in [-0.25, -0.2) is 0 Å². The second-order valence-electron chi connectivity index (χ2n) is 7.05. The van der Waals surface area contributed by atoms with Gasteiger partial charge in [-0.1, -0.05) is 26.3 Å². The summed E-state index contributed by atoms with van der Waals surface area (Å²) in [6.45, 7) is 4.96. The zero-order chi connectivity index (χ0) is 18.7. The summed E-state index contributed by atoms with van der Waals surface area (Å²) in [5, 5.41) is 12.4. The number of carbonyl (C=O) groups is 2. The average molecular weight is 362 g/mol. The third-order valence-corrected chi connectivity index (χ3v) is 5.25. The van der Waals surface area contributed by atoms with E-state index < -0.39 is 0 Å². The fourth-order valence-electron chi connectivity index (χ4n) is 3.31. The summed E-state index contributed by atoms with van der Waals surface area (Å²) < 4.78 is 10.7. The zero-order valence-corrected chi connectivity index (χ0v) is 15.2. The fourth-order valence-corrected chi connectivity index (χ4v) is 3.31. The molecule has 7 heteroatoms. The summed E-state index contributed by atoms with van der Waals surface area (Å²) in [4.78, 5) is 26.5. The number of likely N-dealkylation sites (tertiary alicyclic amines) is 1. The Balaban J connectivity index is 1.58. The third kappa shape index (κ3) is 3.93. The van der Waals surface area contributed by atoms with Crippen LogP contribution >= 0.6 is 0 Å². The minimum atomic E-state index is -0.380. The molecule has 1 aromatic rings. The van der Waals surface area contributed by atoms with Crippen molar-refractivity contribution in [3.63, 3.8) is 0 Å². The van der Waals surface area contributed by atoms with Crippen LogP contribution in [0.1, 0.15) is 32.3 Å². The largest absolute Gasteiger partial charge is 0.454 e. The molecule has 2 amide bonds. The van der Waals surface area contributed by atoms with Crippen LogP contribution in [0.15, 0.2) is 18.2 Å². The van der Waals surface area contributed by atoms with E-state index >= 15 is 0 Å². The van der Waals surface area contributed by atoms with E-state index in [0.717, 1.165) is 12.0 Å². The van der Waals surface area contributed by atoms with Gasteiger partial charge in [-0.3, -0.25) is 9.59 Å². The van der Waals surface area contributed by atoms with Crippen LogP contribution < -0.4 is 14.8 Å². The van der Waals surface area contributed by atoms with E-state index in [9.17, 15) is 14.7 Å². The number of benzene rings is 1. The van der Waals surface area contributed by atoms with E-state index in [4.69, 9.17) is 9.47 Å². The molecule has 0 unspecified atom stereocenters. The number of nitrogens with zero attached hydrogens (tertiary/aromatic N) is 1. The minimum Gasteiger partial charge on any atom is -0.454 e. The van der Waals surface area contributed by atoms with E-state index in [1.807, 2.05) is 32.0 Å². The Hall–Kier alpha value is -2.28. The summed E-state index contributed by atoms with van der Waals surface area (Å²) in [7, 11) is 0. The maximum atomic E-state index is 12.5. The molecule has 3 rings (SSSR count). The second kappa shape index (κ2) is 7.95. The summed E-state index contributed by atoms with van der Waals surface area (Å²) in [6.07, 6.45) is 1.07. The number of hydrogen-bond acceptors (Lipinski definition) is 5. The van der Waals surface area contributed by atoms with E-state index in [-0.39, 0.29) is 49.5 Å². The van der Waals surface area contributed by atoms with Crippen LogP contribution in [0.4, 0.5) is 0 Å². The van der Waals surface area contributed by atoms with Crippen molar-refractivity contribution in [3.8, 4) is 11.5 Å². The molecule has 0 aliphatic carbocycles. The molecule has 2 heterocycles. The van der Waals surface area contributed by atoms with Crippen LogP contribution in [0.5, 0.6) is 11.5 Å². The number of hydrogen-bond donors (Lipinski definition) is 2. The minimum absolute atomic E-state index is 0.0353. The van der Waals surface area contributed by atoms with Crippen LogP contribution in [-0.4, -0.2) is 47.8 Å². The number of amides is 2. The number of carbonyl (C=O) groups excluding carboxylic acids is 2. The van der Waals surface area contributed by atoms with Crippen LogP contribution in [0.25, 0.3) is 0 Å². The fraction of sp³-hybridized carbons (Fsp3) is 0.579. The molecule has 2 aliphatic heterocycles. The standard InChI is InChI=1S/C19H26N2O5/c1-3-12(2)15(10-22)20-19(24)14-7-18(23)21(9-14)8-13-4-5-16-17(6-13)26-11-25-16/h4-6,12,14-15,22H,3,7-11H2,1-2H3,(H,20,24)/t12-,14-,15+/m0/s1. The summed E-state index contributed by atoms with van der Waals surface area (Å²) in [6, 6.07) is 5.33. The van der Waals surface area contributed by atoms with Gasteiger partial charge >= 0.3 is 0 Å². The van der Waals surface area contributed by atoms with Crippen molar-refractivity contribution in [2.75, 3.05) is 19.9 Å². The lowest BCUT2D eigenvalue weighted by Gasteiger charge is -2.24. The maximum Gasteiger partial charge on any atom is 0.231 e. The highest BCUT2D eigenvalue weighted by Crippen LogP contribution is 2.33. The van der Waals surface area contributed by atoms with Crippen molar-refractivity contribution in [1.29, 1.82) is 0 Å². The van der Waals surface area contributed by atoms with Gasteiger partial charge < -0.3 is 24.8 Å². The highest BCUT2D eigenvalue weighted by Gasteiger charge is 2.35. The molecule has 2 aliphatic rings. The number of rotatable bonds is 7.